The average molecular weight is 263 g/mol. The van der Waals surface area contributed by atoms with Crippen molar-refractivity contribution in [2.75, 3.05) is 16.9 Å². The van der Waals surface area contributed by atoms with Gasteiger partial charge in [-0.2, -0.15) is 0 Å². The van der Waals surface area contributed by atoms with Crippen molar-refractivity contribution < 1.29 is 9.21 Å². The summed E-state index contributed by atoms with van der Waals surface area (Å²) in [6.45, 7) is 1.80. The summed E-state index contributed by atoms with van der Waals surface area (Å²) in [6.07, 6.45) is 0. The number of aryl methyl sites for hydroxylation is 1. The normalized spacial score (nSPS) is 19.3. The fourth-order valence-corrected chi connectivity index (χ4v) is 2.85. The van der Waals surface area contributed by atoms with Crippen LogP contribution in [0, 0.1) is 6.92 Å². The summed E-state index contributed by atoms with van der Waals surface area (Å²) in [6, 6.07) is 5.37. The summed E-state index contributed by atoms with van der Waals surface area (Å²) in [5, 5.41) is 6.02. The van der Waals surface area contributed by atoms with Gasteiger partial charge in [0.25, 0.3) is 0 Å². The zero-order valence-electron chi connectivity index (χ0n) is 9.90. The Morgan fingerprint density at radius 1 is 1.61 bits per heavy atom. The van der Waals surface area contributed by atoms with Gasteiger partial charge in [-0.25, -0.2) is 4.98 Å². The summed E-state index contributed by atoms with van der Waals surface area (Å²) in [4.78, 5) is 16.1. The van der Waals surface area contributed by atoms with Gasteiger partial charge in [0, 0.05) is 30.3 Å². The molecule has 1 aliphatic rings. The number of thioether (sulfide) groups is 1. The molecular weight excluding hydrogens is 250 g/mol. The van der Waals surface area contributed by atoms with Crippen molar-refractivity contribution in [1.82, 2.24) is 10.3 Å². The number of fused-ring (bicyclic) bond motifs is 1. The molecule has 6 heteroatoms. The third-order valence-corrected chi connectivity index (χ3v) is 3.74. The second-order valence-electron chi connectivity index (χ2n) is 4.18. The lowest BCUT2D eigenvalue weighted by Gasteiger charge is -2.10. The molecule has 94 valence electrons. The fourth-order valence-electron chi connectivity index (χ4n) is 1.91. The number of benzene rings is 1. The van der Waals surface area contributed by atoms with Crippen LogP contribution >= 0.6 is 11.8 Å². The Kier molecular flexibility index (Phi) is 2.97. The number of hydrogen-bond donors (Lipinski definition) is 2. The first kappa shape index (κ1) is 11.6. The maximum atomic E-state index is 11.9. The smallest absolute Gasteiger partial charge is 0.242 e. The van der Waals surface area contributed by atoms with Gasteiger partial charge >= 0.3 is 0 Å². The lowest BCUT2D eigenvalue weighted by atomic mass is 10.2. The van der Waals surface area contributed by atoms with Gasteiger partial charge in [0.05, 0.1) is 6.04 Å². The van der Waals surface area contributed by atoms with E-state index in [-0.39, 0.29) is 11.9 Å². The first-order chi connectivity index (χ1) is 8.72. The van der Waals surface area contributed by atoms with E-state index < -0.39 is 0 Å². The quantitative estimate of drug-likeness (QED) is 0.864. The topological polar surface area (TPSA) is 67.2 Å². The first-order valence-electron chi connectivity index (χ1n) is 5.71. The van der Waals surface area contributed by atoms with Crippen molar-refractivity contribution in [2.24, 2.45) is 0 Å². The predicted octanol–water partition coefficient (Wildman–Crippen LogP) is 1.74. The van der Waals surface area contributed by atoms with E-state index in [1.165, 1.54) is 0 Å². The third kappa shape index (κ3) is 2.21. The summed E-state index contributed by atoms with van der Waals surface area (Å²) in [7, 11) is 0. The zero-order chi connectivity index (χ0) is 12.5. The summed E-state index contributed by atoms with van der Waals surface area (Å²) in [5.41, 5.74) is 2.24. The molecule has 1 aliphatic heterocycles. The molecule has 1 aromatic heterocycles. The lowest BCUT2D eigenvalue weighted by Crippen LogP contribution is -2.37. The van der Waals surface area contributed by atoms with Crippen molar-refractivity contribution in [3.63, 3.8) is 0 Å². The van der Waals surface area contributed by atoms with Gasteiger partial charge < -0.3 is 9.73 Å². The Bertz CT molecular complexity index is 590. The van der Waals surface area contributed by atoms with Crippen LogP contribution in [0.5, 0.6) is 0 Å². The largest absolute Gasteiger partial charge is 0.441 e. The highest BCUT2D eigenvalue weighted by molar-refractivity contribution is 7.99. The van der Waals surface area contributed by atoms with Crippen molar-refractivity contribution in [2.45, 2.75) is 13.0 Å². The van der Waals surface area contributed by atoms with E-state index in [9.17, 15) is 4.79 Å². The van der Waals surface area contributed by atoms with Gasteiger partial charge in [-0.1, -0.05) is 0 Å². The van der Waals surface area contributed by atoms with Crippen LogP contribution in [-0.2, 0) is 4.79 Å². The zero-order valence-corrected chi connectivity index (χ0v) is 10.7. The number of nitrogens with zero attached hydrogens (tertiary/aromatic N) is 1. The number of anilines is 1. The van der Waals surface area contributed by atoms with Crippen LogP contribution in [0.15, 0.2) is 22.6 Å². The molecule has 1 amide bonds. The number of nitrogens with one attached hydrogen (secondary N) is 2. The Balaban J connectivity index is 1.79. The summed E-state index contributed by atoms with van der Waals surface area (Å²) >= 11 is 1.73. The molecule has 0 saturated carbocycles. The molecule has 18 heavy (non-hydrogen) atoms. The minimum absolute atomic E-state index is 0.00409. The maximum Gasteiger partial charge on any atom is 0.242 e. The summed E-state index contributed by atoms with van der Waals surface area (Å²) in [5.74, 6) is 2.27. The SMILES string of the molecule is Cc1nc2ccc(NC(=O)C3CSCN3)cc2o1. The Morgan fingerprint density at radius 3 is 3.28 bits per heavy atom. The first-order valence-corrected chi connectivity index (χ1v) is 6.87. The molecule has 2 aromatic rings. The van der Waals surface area contributed by atoms with Crippen molar-refractivity contribution in [3.05, 3.63) is 24.1 Å². The molecule has 1 saturated heterocycles. The fraction of sp³-hybridized carbons (Fsp3) is 0.333. The Hall–Kier alpha value is -1.53. The van der Waals surface area contributed by atoms with E-state index in [1.54, 1.807) is 24.8 Å². The van der Waals surface area contributed by atoms with E-state index in [2.05, 4.69) is 15.6 Å². The van der Waals surface area contributed by atoms with Crippen molar-refractivity contribution in [3.8, 4) is 0 Å². The minimum Gasteiger partial charge on any atom is -0.441 e. The van der Waals surface area contributed by atoms with Crippen LogP contribution in [0.2, 0.25) is 0 Å². The number of amides is 1. The molecule has 0 spiro atoms. The van der Waals surface area contributed by atoms with Crippen LogP contribution in [0.3, 0.4) is 0 Å². The third-order valence-electron chi connectivity index (χ3n) is 2.80. The second-order valence-corrected chi connectivity index (χ2v) is 5.21. The van der Waals surface area contributed by atoms with Crippen molar-refractivity contribution >= 4 is 34.5 Å². The number of oxazole rings is 1. The highest BCUT2D eigenvalue weighted by atomic mass is 32.2. The molecule has 1 unspecified atom stereocenters. The minimum atomic E-state index is -0.109. The van der Waals surface area contributed by atoms with Gasteiger partial charge in [-0.3, -0.25) is 10.1 Å². The van der Waals surface area contributed by atoms with Gasteiger partial charge in [0.2, 0.25) is 5.91 Å². The van der Waals surface area contributed by atoms with Crippen LogP contribution in [-0.4, -0.2) is 28.6 Å². The molecule has 1 aromatic carbocycles. The maximum absolute atomic E-state index is 11.9. The van der Waals surface area contributed by atoms with Gasteiger partial charge in [-0.15, -0.1) is 11.8 Å². The number of carbonyl (C=O) groups is 1. The molecule has 1 fully saturated rings. The van der Waals surface area contributed by atoms with Crippen LogP contribution in [0.4, 0.5) is 5.69 Å². The monoisotopic (exact) mass is 263 g/mol. The highest BCUT2D eigenvalue weighted by Gasteiger charge is 2.22. The molecule has 0 aliphatic carbocycles. The highest BCUT2D eigenvalue weighted by Crippen LogP contribution is 2.20. The average Bonchev–Trinajstić information content (AvgIpc) is 2.95. The molecular formula is C12H13N3O2S. The Labute approximate surface area is 108 Å². The predicted molar refractivity (Wildman–Crippen MR) is 71.6 cm³/mol. The number of hydrogen-bond acceptors (Lipinski definition) is 5. The van der Waals surface area contributed by atoms with Gasteiger partial charge in [0.15, 0.2) is 11.5 Å². The molecule has 2 heterocycles. The number of aromatic nitrogens is 1. The van der Waals surface area contributed by atoms with Crippen molar-refractivity contribution in [1.29, 1.82) is 0 Å². The van der Waals surface area contributed by atoms with Gasteiger partial charge in [0.1, 0.15) is 5.52 Å². The molecule has 0 radical (unpaired) electrons. The van der Waals surface area contributed by atoms with E-state index in [0.29, 0.717) is 11.5 Å². The molecule has 3 rings (SSSR count). The van der Waals surface area contributed by atoms with Gasteiger partial charge in [-0.05, 0) is 12.1 Å². The molecule has 0 bridgehead atoms. The summed E-state index contributed by atoms with van der Waals surface area (Å²) < 4.78 is 5.43. The van der Waals surface area contributed by atoms with Crippen LogP contribution in [0.1, 0.15) is 5.89 Å². The molecule has 2 N–H and O–H groups in total. The van der Waals surface area contributed by atoms with Crippen LogP contribution < -0.4 is 10.6 Å². The standard InChI is InChI=1S/C12H13N3O2S/c1-7-14-9-3-2-8(4-11(9)17-7)15-12(16)10-5-18-6-13-10/h2-4,10,13H,5-6H2,1H3,(H,15,16). The Morgan fingerprint density at radius 2 is 2.50 bits per heavy atom. The van der Waals surface area contributed by atoms with Crippen LogP contribution in [0.25, 0.3) is 11.1 Å². The number of rotatable bonds is 2. The lowest BCUT2D eigenvalue weighted by molar-refractivity contribution is -0.117. The number of carbonyl (C=O) groups excluding carboxylic acids is 1. The van der Waals surface area contributed by atoms with E-state index >= 15 is 0 Å². The second kappa shape index (κ2) is 4.62. The van der Waals surface area contributed by atoms with E-state index in [0.717, 1.165) is 22.8 Å². The molecule has 5 nitrogen and oxygen atoms in total. The van der Waals surface area contributed by atoms with E-state index in [1.807, 2.05) is 12.1 Å². The molecule has 1 atom stereocenters. The van der Waals surface area contributed by atoms with E-state index in [4.69, 9.17) is 4.42 Å².